The van der Waals surface area contributed by atoms with E-state index in [1.54, 1.807) is 48.5 Å². The third-order valence-electron chi connectivity index (χ3n) is 4.87. The van der Waals surface area contributed by atoms with Crippen LogP contribution in [0, 0.1) is 11.3 Å². The van der Waals surface area contributed by atoms with Gasteiger partial charge < -0.3 is 20.7 Å². The number of methoxy groups -OCH3 is 1. The SMILES string of the molecule is COc1ccc(-n2c(C(N)=O)nnc2-c2cc(-c3cccc(C#N)c3)c(O)cc2O)cc1. The molecular formula is C23H17N5O4. The number of aromatic nitrogens is 3. The maximum absolute atomic E-state index is 12.0. The molecule has 0 bridgehead atoms. The lowest BCUT2D eigenvalue weighted by Crippen LogP contribution is -2.17. The molecule has 32 heavy (non-hydrogen) atoms. The number of hydrogen-bond donors (Lipinski definition) is 3. The van der Waals surface area contributed by atoms with Crippen molar-refractivity contribution in [3.05, 3.63) is 72.1 Å². The van der Waals surface area contributed by atoms with Gasteiger partial charge in [0, 0.05) is 17.3 Å². The van der Waals surface area contributed by atoms with Crippen LogP contribution < -0.4 is 10.5 Å². The molecule has 1 amide bonds. The summed E-state index contributed by atoms with van der Waals surface area (Å²) in [7, 11) is 1.53. The summed E-state index contributed by atoms with van der Waals surface area (Å²) >= 11 is 0. The highest BCUT2D eigenvalue weighted by Gasteiger charge is 2.23. The van der Waals surface area contributed by atoms with Gasteiger partial charge in [0.15, 0.2) is 5.82 Å². The highest BCUT2D eigenvalue weighted by molar-refractivity contribution is 5.91. The van der Waals surface area contributed by atoms with Gasteiger partial charge in [0.2, 0.25) is 5.82 Å². The number of nitrogens with zero attached hydrogens (tertiary/aromatic N) is 4. The Balaban J connectivity index is 1.94. The van der Waals surface area contributed by atoms with E-state index in [4.69, 9.17) is 10.5 Å². The Morgan fingerprint density at radius 2 is 1.75 bits per heavy atom. The van der Waals surface area contributed by atoms with Crippen LogP contribution >= 0.6 is 0 Å². The number of phenolic OH excluding ortho intramolecular Hbond substituents is 2. The minimum atomic E-state index is -0.806. The number of primary amides is 1. The third kappa shape index (κ3) is 3.57. The lowest BCUT2D eigenvalue weighted by Gasteiger charge is -2.13. The molecule has 1 aromatic heterocycles. The number of hydrogen-bond acceptors (Lipinski definition) is 7. The molecule has 0 fully saturated rings. The van der Waals surface area contributed by atoms with Gasteiger partial charge in [-0.05, 0) is 48.0 Å². The number of benzene rings is 3. The average molecular weight is 427 g/mol. The van der Waals surface area contributed by atoms with Gasteiger partial charge in [-0.15, -0.1) is 10.2 Å². The summed E-state index contributed by atoms with van der Waals surface area (Å²) in [6, 6.07) is 18.1. The molecule has 0 aliphatic rings. The number of aromatic hydroxyl groups is 2. The topological polar surface area (TPSA) is 147 Å². The maximum Gasteiger partial charge on any atom is 0.287 e. The van der Waals surface area contributed by atoms with Crippen molar-refractivity contribution in [2.24, 2.45) is 5.73 Å². The Hall–Kier alpha value is -4.84. The van der Waals surface area contributed by atoms with E-state index in [1.807, 2.05) is 0 Å². The van der Waals surface area contributed by atoms with Gasteiger partial charge >= 0.3 is 0 Å². The summed E-state index contributed by atoms with van der Waals surface area (Å²) in [4.78, 5) is 12.0. The van der Waals surface area contributed by atoms with Crippen LogP contribution in [-0.4, -0.2) is 38.0 Å². The Labute approximate surface area is 182 Å². The van der Waals surface area contributed by atoms with Crippen molar-refractivity contribution in [2.75, 3.05) is 7.11 Å². The Kier molecular flexibility index (Phi) is 5.18. The molecular weight excluding hydrogens is 410 g/mol. The second kappa shape index (κ2) is 8.12. The van der Waals surface area contributed by atoms with Crippen molar-refractivity contribution >= 4 is 5.91 Å². The quantitative estimate of drug-likeness (QED) is 0.443. The molecule has 0 aliphatic carbocycles. The number of nitrogens with two attached hydrogens (primary N) is 1. The van der Waals surface area contributed by atoms with Gasteiger partial charge in [0.1, 0.15) is 17.2 Å². The molecule has 0 spiro atoms. The molecule has 0 radical (unpaired) electrons. The highest BCUT2D eigenvalue weighted by Crippen LogP contribution is 2.40. The van der Waals surface area contributed by atoms with Crippen LogP contribution in [0.4, 0.5) is 0 Å². The number of rotatable bonds is 5. The Morgan fingerprint density at radius 3 is 2.41 bits per heavy atom. The molecule has 4 rings (SSSR count). The molecule has 3 aromatic carbocycles. The fraction of sp³-hybridized carbons (Fsp3) is 0.0435. The van der Waals surface area contributed by atoms with Crippen molar-refractivity contribution in [3.8, 4) is 51.5 Å². The largest absolute Gasteiger partial charge is 0.507 e. The molecule has 9 heteroatoms. The van der Waals surface area contributed by atoms with Crippen LogP contribution in [-0.2, 0) is 0 Å². The first-order chi connectivity index (χ1) is 15.4. The molecule has 9 nitrogen and oxygen atoms in total. The Bertz CT molecular complexity index is 1370. The summed E-state index contributed by atoms with van der Waals surface area (Å²) < 4.78 is 6.58. The molecule has 158 valence electrons. The van der Waals surface area contributed by atoms with Gasteiger partial charge in [-0.25, -0.2) is 0 Å². The first-order valence-electron chi connectivity index (χ1n) is 9.39. The monoisotopic (exact) mass is 427 g/mol. The summed E-state index contributed by atoms with van der Waals surface area (Å²) in [6.07, 6.45) is 0. The summed E-state index contributed by atoms with van der Waals surface area (Å²) in [5.41, 5.74) is 7.55. The van der Waals surface area contributed by atoms with Crippen molar-refractivity contribution in [3.63, 3.8) is 0 Å². The summed E-state index contributed by atoms with van der Waals surface area (Å²) in [5.74, 6) is -0.659. The van der Waals surface area contributed by atoms with Gasteiger partial charge in [0.25, 0.3) is 5.91 Å². The lowest BCUT2D eigenvalue weighted by molar-refractivity contribution is 0.0988. The minimum Gasteiger partial charge on any atom is -0.507 e. The van der Waals surface area contributed by atoms with E-state index in [9.17, 15) is 20.3 Å². The molecule has 0 atom stereocenters. The number of carbonyl (C=O) groups is 1. The van der Waals surface area contributed by atoms with Crippen molar-refractivity contribution in [1.82, 2.24) is 14.8 Å². The van der Waals surface area contributed by atoms with E-state index in [2.05, 4.69) is 16.3 Å². The maximum atomic E-state index is 12.0. The van der Waals surface area contributed by atoms with Crippen LogP contribution in [0.25, 0.3) is 28.2 Å². The van der Waals surface area contributed by atoms with Crippen molar-refractivity contribution < 1.29 is 19.7 Å². The third-order valence-corrected chi connectivity index (χ3v) is 4.87. The number of nitriles is 1. The number of carbonyl (C=O) groups excluding carboxylic acids is 1. The van der Waals surface area contributed by atoms with E-state index in [1.165, 1.54) is 23.8 Å². The second-order valence-electron chi connectivity index (χ2n) is 6.82. The zero-order valence-electron chi connectivity index (χ0n) is 16.9. The molecule has 4 N–H and O–H groups in total. The van der Waals surface area contributed by atoms with Gasteiger partial charge in [-0.2, -0.15) is 5.26 Å². The first-order valence-corrected chi connectivity index (χ1v) is 9.39. The molecule has 1 heterocycles. The zero-order valence-corrected chi connectivity index (χ0v) is 16.9. The molecule has 4 aromatic rings. The van der Waals surface area contributed by atoms with Crippen LogP contribution in [0.15, 0.2) is 60.7 Å². The molecule has 0 unspecified atom stereocenters. The fourth-order valence-electron chi connectivity index (χ4n) is 3.34. The van der Waals surface area contributed by atoms with E-state index in [0.29, 0.717) is 28.1 Å². The number of phenols is 2. The predicted molar refractivity (Wildman–Crippen MR) is 115 cm³/mol. The average Bonchev–Trinajstić information content (AvgIpc) is 3.24. The van der Waals surface area contributed by atoms with Gasteiger partial charge in [0.05, 0.1) is 24.3 Å². The van der Waals surface area contributed by atoms with Gasteiger partial charge in [-0.1, -0.05) is 12.1 Å². The van der Waals surface area contributed by atoms with E-state index in [-0.39, 0.29) is 28.7 Å². The second-order valence-corrected chi connectivity index (χ2v) is 6.82. The van der Waals surface area contributed by atoms with Gasteiger partial charge in [-0.3, -0.25) is 9.36 Å². The smallest absolute Gasteiger partial charge is 0.287 e. The highest BCUT2D eigenvalue weighted by atomic mass is 16.5. The number of amides is 1. The molecule has 0 saturated heterocycles. The number of ether oxygens (including phenoxy) is 1. The lowest BCUT2D eigenvalue weighted by atomic mass is 9.99. The normalized spacial score (nSPS) is 10.5. The van der Waals surface area contributed by atoms with E-state index in [0.717, 1.165) is 0 Å². The molecule has 0 saturated carbocycles. The van der Waals surface area contributed by atoms with Crippen LogP contribution in [0.1, 0.15) is 16.2 Å². The summed E-state index contributed by atoms with van der Waals surface area (Å²) in [5, 5.41) is 38.2. The Morgan fingerprint density at radius 1 is 1.03 bits per heavy atom. The standard InChI is InChI=1S/C23H17N5O4/c1-32-16-7-5-15(6-8-16)28-22(26-27-23(28)21(25)31)18-10-17(19(29)11-20(18)30)14-4-2-3-13(9-14)12-24/h2-11,29-30H,1H3,(H2,25,31). The fourth-order valence-corrected chi connectivity index (χ4v) is 3.34. The minimum absolute atomic E-state index is 0.134. The predicted octanol–water partition coefficient (Wildman–Crippen LogP) is 2.99. The van der Waals surface area contributed by atoms with Crippen LogP contribution in [0.3, 0.4) is 0 Å². The van der Waals surface area contributed by atoms with Crippen molar-refractivity contribution in [1.29, 1.82) is 5.26 Å². The first kappa shape index (κ1) is 20.4. The summed E-state index contributed by atoms with van der Waals surface area (Å²) in [6.45, 7) is 0. The van der Waals surface area contributed by atoms with Crippen LogP contribution in [0.5, 0.6) is 17.2 Å². The molecule has 0 aliphatic heterocycles. The van der Waals surface area contributed by atoms with E-state index >= 15 is 0 Å². The van der Waals surface area contributed by atoms with Crippen LogP contribution in [0.2, 0.25) is 0 Å². The zero-order chi connectivity index (χ0) is 22.8. The van der Waals surface area contributed by atoms with E-state index < -0.39 is 5.91 Å². The van der Waals surface area contributed by atoms with Crippen molar-refractivity contribution in [2.45, 2.75) is 0 Å².